The van der Waals surface area contributed by atoms with Crippen LogP contribution in [0.4, 0.5) is 10.1 Å². The third-order valence-electron chi connectivity index (χ3n) is 5.23. The first-order valence-corrected chi connectivity index (χ1v) is 10.5. The fourth-order valence-corrected chi connectivity index (χ4v) is 3.99. The Labute approximate surface area is 197 Å². The molecule has 164 valence electrons. The number of rotatable bonds is 5. The van der Waals surface area contributed by atoms with Gasteiger partial charge in [0.25, 0.3) is 0 Å². The lowest BCUT2D eigenvalue weighted by atomic mass is 10.2. The Bertz CT molecular complexity index is 1040. The third-order valence-corrected chi connectivity index (χ3v) is 5.75. The van der Waals surface area contributed by atoms with Crippen LogP contribution in [0.25, 0.3) is 11.9 Å². The van der Waals surface area contributed by atoms with Gasteiger partial charge in [-0.2, -0.15) is 5.10 Å². The van der Waals surface area contributed by atoms with E-state index in [2.05, 4.69) is 32.0 Å². The minimum absolute atomic E-state index is 0. The summed E-state index contributed by atoms with van der Waals surface area (Å²) in [6, 6.07) is 8.29. The van der Waals surface area contributed by atoms with Crippen LogP contribution in [-0.4, -0.2) is 52.4 Å². The van der Waals surface area contributed by atoms with Crippen LogP contribution in [0.3, 0.4) is 0 Å². The Morgan fingerprint density at radius 2 is 1.90 bits per heavy atom. The van der Waals surface area contributed by atoms with Crippen LogP contribution in [0.2, 0.25) is 10.0 Å². The SMILES string of the molecule is Cc1c(/C=C/CN2CCN(c3cc(F)cc(Cl)c3)CC2)cnn1-c1ncccc1Cl.Cl. The summed E-state index contributed by atoms with van der Waals surface area (Å²) in [6.07, 6.45) is 7.75. The fraction of sp³-hybridized carbons (Fsp3) is 0.273. The molecule has 4 rings (SSSR count). The van der Waals surface area contributed by atoms with Crippen molar-refractivity contribution in [3.8, 4) is 5.82 Å². The second-order valence-electron chi connectivity index (χ2n) is 7.22. The molecule has 9 heteroatoms. The molecule has 0 N–H and O–H groups in total. The molecule has 3 aromatic rings. The van der Waals surface area contributed by atoms with Crippen molar-refractivity contribution in [2.24, 2.45) is 0 Å². The monoisotopic (exact) mass is 481 g/mol. The normalized spacial score (nSPS) is 14.8. The van der Waals surface area contributed by atoms with Gasteiger partial charge in [-0.15, -0.1) is 12.4 Å². The van der Waals surface area contributed by atoms with Gasteiger partial charge in [-0.3, -0.25) is 4.90 Å². The molecule has 1 aliphatic heterocycles. The van der Waals surface area contributed by atoms with E-state index in [0.717, 1.165) is 49.7 Å². The van der Waals surface area contributed by atoms with E-state index in [1.807, 2.05) is 19.2 Å². The molecule has 0 atom stereocenters. The number of nitrogens with zero attached hydrogens (tertiary/aromatic N) is 5. The van der Waals surface area contributed by atoms with Crippen LogP contribution in [-0.2, 0) is 0 Å². The van der Waals surface area contributed by atoms with E-state index in [1.54, 1.807) is 23.0 Å². The predicted molar refractivity (Wildman–Crippen MR) is 127 cm³/mol. The van der Waals surface area contributed by atoms with Crippen LogP contribution in [0.5, 0.6) is 0 Å². The largest absolute Gasteiger partial charge is 0.369 e. The summed E-state index contributed by atoms with van der Waals surface area (Å²) in [5.41, 5.74) is 2.86. The van der Waals surface area contributed by atoms with Gasteiger partial charge in [-0.05, 0) is 37.3 Å². The highest BCUT2D eigenvalue weighted by atomic mass is 35.5. The lowest BCUT2D eigenvalue weighted by Crippen LogP contribution is -2.46. The highest BCUT2D eigenvalue weighted by Gasteiger charge is 2.17. The van der Waals surface area contributed by atoms with Crippen molar-refractivity contribution in [2.75, 3.05) is 37.6 Å². The zero-order valence-electron chi connectivity index (χ0n) is 17.0. The summed E-state index contributed by atoms with van der Waals surface area (Å²) in [7, 11) is 0. The zero-order valence-corrected chi connectivity index (χ0v) is 19.3. The van der Waals surface area contributed by atoms with Crippen molar-refractivity contribution < 1.29 is 4.39 Å². The zero-order chi connectivity index (χ0) is 21.1. The molecular weight excluding hydrogens is 460 g/mol. The van der Waals surface area contributed by atoms with Crippen LogP contribution in [0, 0.1) is 12.7 Å². The van der Waals surface area contributed by atoms with Crippen molar-refractivity contribution >= 4 is 47.4 Å². The standard InChI is InChI=1S/C22H22Cl2FN5.ClH/c1-16-17(15-27-30(16)22-21(24)5-2-6-26-22)4-3-7-28-8-10-29(11-9-28)20-13-18(23)12-19(25)14-20;/h2-6,12-15H,7-11H2,1H3;1H/b4-3+;. The van der Waals surface area contributed by atoms with E-state index >= 15 is 0 Å². The molecule has 1 fully saturated rings. The highest BCUT2D eigenvalue weighted by molar-refractivity contribution is 6.32. The van der Waals surface area contributed by atoms with Crippen molar-refractivity contribution in [1.82, 2.24) is 19.7 Å². The number of aromatic nitrogens is 3. The van der Waals surface area contributed by atoms with E-state index < -0.39 is 0 Å². The van der Waals surface area contributed by atoms with Gasteiger partial charge >= 0.3 is 0 Å². The molecule has 0 amide bonds. The first kappa shape index (κ1) is 23.5. The molecular formula is C22H23Cl3FN5. The maximum Gasteiger partial charge on any atom is 0.172 e. The van der Waals surface area contributed by atoms with Crippen molar-refractivity contribution in [1.29, 1.82) is 0 Å². The molecule has 5 nitrogen and oxygen atoms in total. The lowest BCUT2D eigenvalue weighted by molar-refractivity contribution is 0.284. The summed E-state index contributed by atoms with van der Waals surface area (Å²) in [4.78, 5) is 8.85. The number of hydrogen-bond acceptors (Lipinski definition) is 4. The smallest absolute Gasteiger partial charge is 0.172 e. The molecule has 3 heterocycles. The Morgan fingerprint density at radius 3 is 2.61 bits per heavy atom. The summed E-state index contributed by atoms with van der Waals surface area (Å²) in [5.74, 6) is 0.329. The lowest BCUT2D eigenvalue weighted by Gasteiger charge is -2.35. The molecule has 0 saturated carbocycles. The van der Waals surface area contributed by atoms with E-state index in [9.17, 15) is 4.39 Å². The van der Waals surface area contributed by atoms with E-state index in [4.69, 9.17) is 23.2 Å². The minimum atomic E-state index is -0.300. The second kappa shape index (κ2) is 10.5. The van der Waals surface area contributed by atoms with Gasteiger partial charge < -0.3 is 4.90 Å². The van der Waals surface area contributed by atoms with E-state index in [1.165, 1.54) is 12.1 Å². The van der Waals surface area contributed by atoms with E-state index in [0.29, 0.717) is 15.9 Å². The summed E-state index contributed by atoms with van der Waals surface area (Å²) >= 11 is 12.2. The molecule has 0 radical (unpaired) electrons. The molecule has 1 aliphatic rings. The first-order valence-electron chi connectivity index (χ1n) is 9.77. The average molecular weight is 483 g/mol. The fourth-order valence-electron chi connectivity index (χ4n) is 3.57. The van der Waals surface area contributed by atoms with Crippen LogP contribution < -0.4 is 4.90 Å². The summed E-state index contributed by atoms with van der Waals surface area (Å²) < 4.78 is 15.4. The molecule has 0 aliphatic carbocycles. The molecule has 0 spiro atoms. The van der Waals surface area contributed by atoms with Crippen molar-refractivity contribution in [3.05, 3.63) is 75.9 Å². The Balaban J connectivity index is 0.00000272. The van der Waals surface area contributed by atoms with E-state index in [-0.39, 0.29) is 18.2 Å². The Morgan fingerprint density at radius 1 is 1.13 bits per heavy atom. The third kappa shape index (κ3) is 5.57. The summed E-state index contributed by atoms with van der Waals surface area (Å²) in [5, 5.41) is 5.42. The average Bonchev–Trinajstić information content (AvgIpc) is 3.08. The van der Waals surface area contributed by atoms with Gasteiger partial charge in [0, 0.05) is 55.2 Å². The number of hydrogen-bond donors (Lipinski definition) is 0. The maximum atomic E-state index is 13.6. The number of pyridine rings is 1. The minimum Gasteiger partial charge on any atom is -0.369 e. The molecule has 0 unspecified atom stereocenters. The van der Waals surface area contributed by atoms with Crippen molar-refractivity contribution in [2.45, 2.75) is 6.92 Å². The van der Waals surface area contributed by atoms with Gasteiger partial charge in [0.05, 0.1) is 16.9 Å². The first-order chi connectivity index (χ1) is 14.5. The quantitative estimate of drug-likeness (QED) is 0.496. The number of piperazine rings is 1. The highest BCUT2D eigenvalue weighted by Crippen LogP contribution is 2.23. The number of halogens is 4. The molecule has 2 aromatic heterocycles. The Hall–Kier alpha value is -2.12. The van der Waals surface area contributed by atoms with Crippen LogP contribution in [0.15, 0.2) is 48.8 Å². The summed E-state index contributed by atoms with van der Waals surface area (Å²) in [6.45, 7) is 6.32. The van der Waals surface area contributed by atoms with Gasteiger partial charge in [0.2, 0.25) is 0 Å². The number of benzene rings is 1. The predicted octanol–water partition coefficient (Wildman–Crippen LogP) is 5.28. The molecule has 0 bridgehead atoms. The Kier molecular flexibility index (Phi) is 7.94. The molecule has 1 aromatic carbocycles. The van der Waals surface area contributed by atoms with Gasteiger partial charge in [0.15, 0.2) is 5.82 Å². The van der Waals surface area contributed by atoms with Crippen LogP contribution in [0.1, 0.15) is 11.3 Å². The molecule has 31 heavy (non-hydrogen) atoms. The van der Waals surface area contributed by atoms with Crippen molar-refractivity contribution in [3.63, 3.8) is 0 Å². The van der Waals surface area contributed by atoms with Gasteiger partial charge in [0.1, 0.15) is 5.82 Å². The van der Waals surface area contributed by atoms with Gasteiger partial charge in [-0.25, -0.2) is 14.1 Å². The van der Waals surface area contributed by atoms with Gasteiger partial charge in [-0.1, -0.05) is 35.4 Å². The topological polar surface area (TPSA) is 37.2 Å². The molecule has 1 saturated heterocycles. The maximum absolute atomic E-state index is 13.6. The number of anilines is 1. The second-order valence-corrected chi connectivity index (χ2v) is 8.07. The van der Waals surface area contributed by atoms with Crippen LogP contribution >= 0.6 is 35.6 Å².